The molecular formula is C17H15F3N2O2S2. The summed E-state index contributed by atoms with van der Waals surface area (Å²) in [4.78, 5) is 3.69. The maximum atomic E-state index is 13.3. The molecule has 2 N–H and O–H groups in total. The van der Waals surface area contributed by atoms with Gasteiger partial charge in [-0.15, -0.1) is 0 Å². The van der Waals surface area contributed by atoms with Gasteiger partial charge in [0, 0.05) is 26.4 Å². The zero-order valence-electron chi connectivity index (χ0n) is 13.8. The molecule has 4 nitrogen and oxygen atoms in total. The molecule has 0 fully saturated rings. The number of halogens is 3. The van der Waals surface area contributed by atoms with Crippen LogP contribution in [0.25, 0.3) is 10.9 Å². The summed E-state index contributed by atoms with van der Waals surface area (Å²) in [6.45, 7) is 1.74. The number of aromatic nitrogens is 1. The molecule has 1 heterocycles. The lowest BCUT2D eigenvalue weighted by atomic mass is 10.2. The molecule has 26 heavy (non-hydrogen) atoms. The van der Waals surface area contributed by atoms with E-state index in [1.165, 1.54) is 18.2 Å². The van der Waals surface area contributed by atoms with Gasteiger partial charge in [0.15, 0.2) is 0 Å². The maximum Gasteiger partial charge on any atom is 0.417 e. The van der Waals surface area contributed by atoms with E-state index in [2.05, 4.69) is 9.71 Å². The van der Waals surface area contributed by atoms with Crippen LogP contribution in [0.3, 0.4) is 0 Å². The Morgan fingerprint density at radius 1 is 1.08 bits per heavy atom. The number of nitrogens with one attached hydrogen (secondary N) is 2. The van der Waals surface area contributed by atoms with Gasteiger partial charge < -0.3 is 4.98 Å². The standard InChI is InChI=1S/C17H15F3N2O2S2/c1-10-16(25-14-9-4-3-6-11(14)17(18,19)20)15-12(21-10)7-5-8-13(15)22-26(2,23)24/h3-9,21-22H,1-2H3. The van der Waals surface area contributed by atoms with Crippen LogP contribution in [0.15, 0.2) is 52.3 Å². The zero-order chi connectivity index (χ0) is 19.1. The Labute approximate surface area is 152 Å². The molecule has 0 aliphatic heterocycles. The smallest absolute Gasteiger partial charge is 0.358 e. The van der Waals surface area contributed by atoms with Gasteiger partial charge in [-0.05, 0) is 31.2 Å². The summed E-state index contributed by atoms with van der Waals surface area (Å²) in [5.41, 5.74) is 0.890. The van der Waals surface area contributed by atoms with Gasteiger partial charge in [0.2, 0.25) is 10.0 Å². The normalized spacial score (nSPS) is 12.5. The molecule has 0 saturated carbocycles. The monoisotopic (exact) mass is 400 g/mol. The number of fused-ring (bicyclic) bond motifs is 1. The van der Waals surface area contributed by atoms with E-state index in [4.69, 9.17) is 0 Å². The summed E-state index contributed by atoms with van der Waals surface area (Å²) >= 11 is 0.958. The molecule has 0 radical (unpaired) electrons. The van der Waals surface area contributed by atoms with Crippen molar-refractivity contribution in [1.82, 2.24) is 4.98 Å². The van der Waals surface area contributed by atoms with E-state index in [9.17, 15) is 21.6 Å². The fraction of sp³-hybridized carbons (Fsp3) is 0.176. The Morgan fingerprint density at radius 2 is 1.77 bits per heavy atom. The van der Waals surface area contributed by atoms with Crippen molar-refractivity contribution in [2.75, 3.05) is 11.0 Å². The molecule has 1 aromatic heterocycles. The molecule has 2 aromatic carbocycles. The topological polar surface area (TPSA) is 62.0 Å². The summed E-state index contributed by atoms with van der Waals surface area (Å²) in [7, 11) is -3.53. The second kappa shape index (κ2) is 6.55. The predicted octanol–water partition coefficient (Wildman–Crippen LogP) is 5.02. The van der Waals surface area contributed by atoms with Crippen LogP contribution in [-0.4, -0.2) is 19.7 Å². The molecule has 9 heteroatoms. The van der Waals surface area contributed by atoms with Crippen LogP contribution in [0.5, 0.6) is 0 Å². The van der Waals surface area contributed by atoms with Gasteiger partial charge in [-0.2, -0.15) is 13.2 Å². The van der Waals surface area contributed by atoms with E-state index in [1.54, 1.807) is 25.1 Å². The molecule has 3 rings (SSSR count). The zero-order valence-corrected chi connectivity index (χ0v) is 15.4. The van der Waals surface area contributed by atoms with Crippen molar-refractivity contribution in [3.8, 4) is 0 Å². The fourth-order valence-electron chi connectivity index (χ4n) is 2.66. The maximum absolute atomic E-state index is 13.3. The van der Waals surface area contributed by atoms with Gasteiger partial charge in [0.05, 0.1) is 17.5 Å². The summed E-state index contributed by atoms with van der Waals surface area (Å²) in [5, 5.41) is 0.539. The van der Waals surface area contributed by atoms with E-state index in [0.29, 0.717) is 27.2 Å². The summed E-state index contributed by atoms with van der Waals surface area (Å²) in [5.74, 6) is 0. The molecule has 0 atom stereocenters. The van der Waals surface area contributed by atoms with Gasteiger partial charge >= 0.3 is 6.18 Å². The van der Waals surface area contributed by atoms with E-state index in [-0.39, 0.29) is 4.90 Å². The highest BCUT2D eigenvalue weighted by molar-refractivity contribution is 7.99. The highest BCUT2D eigenvalue weighted by Gasteiger charge is 2.33. The first-order valence-electron chi connectivity index (χ1n) is 7.49. The molecule has 0 bridgehead atoms. The second-order valence-corrected chi connectivity index (χ2v) is 8.58. The van der Waals surface area contributed by atoms with Gasteiger partial charge in [-0.3, -0.25) is 4.72 Å². The van der Waals surface area contributed by atoms with Crippen molar-refractivity contribution in [2.24, 2.45) is 0 Å². The van der Waals surface area contributed by atoms with Crippen molar-refractivity contribution in [1.29, 1.82) is 0 Å². The first-order chi connectivity index (χ1) is 12.1. The lowest BCUT2D eigenvalue weighted by molar-refractivity contribution is -0.139. The highest BCUT2D eigenvalue weighted by atomic mass is 32.2. The molecule has 3 aromatic rings. The minimum atomic E-state index is -4.47. The van der Waals surface area contributed by atoms with Crippen LogP contribution in [-0.2, 0) is 16.2 Å². The number of anilines is 1. The second-order valence-electron chi connectivity index (χ2n) is 5.78. The highest BCUT2D eigenvalue weighted by Crippen LogP contribution is 2.44. The van der Waals surface area contributed by atoms with E-state index in [1.807, 2.05) is 0 Å². The van der Waals surface area contributed by atoms with Crippen LogP contribution >= 0.6 is 11.8 Å². The summed E-state index contributed by atoms with van der Waals surface area (Å²) in [6, 6.07) is 10.3. The van der Waals surface area contributed by atoms with Crippen molar-refractivity contribution >= 4 is 38.4 Å². The van der Waals surface area contributed by atoms with Gasteiger partial charge in [0.1, 0.15) is 0 Å². The molecule has 0 saturated heterocycles. The van der Waals surface area contributed by atoms with Gasteiger partial charge in [0.25, 0.3) is 0 Å². The SMILES string of the molecule is Cc1[nH]c2cccc(NS(C)(=O)=O)c2c1Sc1ccccc1C(F)(F)F. The van der Waals surface area contributed by atoms with Gasteiger partial charge in [-0.25, -0.2) is 8.42 Å². The van der Waals surface area contributed by atoms with E-state index < -0.39 is 21.8 Å². The minimum absolute atomic E-state index is 0.0539. The van der Waals surface area contributed by atoms with Crippen molar-refractivity contribution < 1.29 is 21.6 Å². The third kappa shape index (κ3) is 3.83. The molecule has 0 spiro atoms. The molecule has 0 unspecified atom stereocenters. The quantitative estimate of drug-likeness (QED) is 0.647. The number of aromatic amines is 1. The van der Waals surface area contributed by atoms with Crippen molar-refractivity contribution in [3.63, 3.8) is 0 Å². The molecule has 0 aliphatic rings. The van der Waals surface area contributed by atoms with E-state index in [0.717, 1.165) is 24.1 Å². The van der Waals surface area contributed by atoms with Crippen LogP contribution in [0, 0.1) is 6.92 Å². The van der Waals surface area contributed by atoms with Gasteiger partial charge in [-0.1, -0.05) is 30.0 Å². The third-order valence-electron chi connectivity index (χ3n) is 3.65. The minimum Gasteiger partial charge on any atom is -0.358 e. The molecular weight excluding hydrogens is 385 g/mol. The Hall–Kier alpha value is -2.13. The van der Waals surface area contributed by atoms with Crippen LogP contribution in [0.4, 0.5) is 18.9 Å². The number of hydrogen-bond donors (Lipinski definition) is 2. The van der Waals surface area contributed by atoms with E-state index >= 15 is 0 Å². The Kier molecular flexibility index (Phi) is 4.70. The Bertz CT molecular complexity index is 1070. The third-order valence-corrected chi connectivity index (χ3v) is 5.54. The number of hydrogen-bond acceptors (Lipinski definition) is 3. The molecule has 0 amide bonds. The number of H-pyrrole nitrogens is 1. The number of alkyl halides is 3. The lowest BCUT2D eigenvalue weighted by Gasteiger charge is -2.13. The van der Waals surface area contributed by atoms with Crippen LogP contribution in [0.2, 0.25) is 0 Å². The average Bonchev–Trinajstić information content (AvgIpc) is 2.82. The number of rotatable bonds is 4. The first-order valence-corrected chi connectivity index (χ1v) is 10.2. The lowest BCUT2D eigenvalue weighted by Crippen LogP contribution is -2.09. The summed E-state index contributed by atoms with van der Waals surface area (Å²) < 4.78 is 65.5. The Morgan fingerprint density at radius 3 is 2.42 bits per heavy atom. The van der Waals surface area contributed by atoms with Crippen LogP contribution < -0.4 is 4.72 Å². The number of aryl methyl sites for hydroxylation is 1. The van der Waals surface area contributed by atoms with Crippen LogP contribution in [0.1, 0.15) is 11.3 Å². The van der Waals surface area contributed by atoms with Crippen molar-refractivity contribution in [2.45, 2.75) is 22.9 Å². The first kappa shape index (κ1) is 18.7. The van der Waals surface area contributed by atoms with Crippen molar-refractivity contribution in [3.05, 3.63) is 53.7 Å². The Balaban J connectivity index is 2.17. The average molecular weight is 400 g/mol. The predicted molar refractivity (Wildman–Crippen MR) is 97.1 cm³/mol. The fourth-order valence-corrected chi connectivity index (χ4v) is 4.42. The molecule has 0 aliphatic carbocycles. The largest absolute Gasteiger partial charge is 0.417 e. The number of benzene rings is 2. The number of sulfonamides is 1. The summed E-state index contributed by atoms with van der Waals surface area (Å²) in [6.07, 6.45) is -3.45. The molecule has 138 valence electrons.